The summed E-state index contributed by atoms with van der Waals surface area (Å²) in [5, 5.41) is 20.0. The van der Waals surface area contributed by atoms with E-state index in [0.29, 0.717) is 30.5 Å². The van der Waals surface area contributed by atoms with E-state index in [0.717, 1.165) is 12.1 Å². The second kappa shape index (κ2) is 9.86. The van der Waals surface area contributed by atoms with Crippen LogP contribution in [-0.4, -0.2) is 34.3 Å². The van der Waals surface area contributed by atoms with Crippen LogP contribution in [-0.2, 0) is 6.42 Å². The number of hydrogen-bond donors (Lipinski definition) is 4. The molecule has 0 fully saturated rings. The smallest absolute Gasteiger partial charge is 0.319 e. The largest absolute Gasteiger partial charge is 0.367 e. The fraction of sp³-hybridized carbons (Fsp3) is 0.200. The van der Waals surface area contributed by atoms with Crippen molar-refractivity contribution in [1.29, 1.82) is 0 Å². The maximum absolute atomic E-state index is 11.9. The van der Waals surface area contributed by atoms with E-state index in [-0.39, 0.29) is 6.03 Å². The molecule has 2 heterocycles. The Labute approximate surface area is 163 Å². The lowest BCUT2D eigenvalue weighted by Gasteiger charge is -2.09. The Morgan fingerprint density at radius 3 is 2.36 bits per heavy atom. The molecule has 0 saturated carbocycles. The molecule has 0 atom stereocenters. The first-order valence-corrected chi connectivity index (χ1v) is 9.12. The van der Waals surface area contributed by atoms with Gasteiger partial charge < -0.3 is 21.3 Å². The molecule has 1 aromatic carbocycles. The highest BCUT2D eigenvalue weighted by molar-refractivity contribution is 5.89. The van der Waals surface area contributed by atoms with Crippen LogP contribution in [0.5, 0.6) is 0 Å². The van der Waals surface area contributed by atoms with Crippen LogP contribution in [0.25, 0.3) is 0 Å². The molecule has 0 aliphatic carbocycles. The first-order valence-electron chi connectivity index (χ1n) is 9.12. The van der Waals surface area contributed by atoms with Crippen molar-refractivity contribution in [3.63, 3.8) is 0 Å². The number of amides is 2. The van der Waals surface area contributed by atoms with E-state index in [9.17, 15) is 4.79 Å². The molecule has 0 spiro atoms. The van der Waals surface area contributed by atoms with Crippen LogP contribution in [0.3, 0.4) is 0 Å². The molecule has 0 saturated heterocycles. The van der Waals surface area contributed by atoms with Gasteiger partial charge in [0, 0.05) is 25.0 Å². The molecule has 144 valence electrons. The number of nitrogens with one attached hydrogen (secondary N) is 4. The number of hydrogen-bond acceptors (Lipinski definition) is 6. The van der Waals surface area contributed by atoms with Crippen molar-refractivity contribution in [2.24, 2.45) is 0 Å². The molecule has 8 heteroatoms. The van der Waals surface area contributed by atoms with Gasteiger partial charge in [-0.1, -0.05) is 25.1 Å². The van der Waals surface area contributed by atoms with Crippen LogP contribution in [0, 0.1) is 0 Å². The van der Waals surface area contributed by atoms with E-state index in [4.69, 9.17) is 0 Å². The average Bonchev–Trinajstić information content (AvgIpc) is 2.74. The van der Waals surface area contributed by atoms with Gasteiger partial charge in [-0.05, 0) is 48.4 Å². The van der Waals surface area contributed by atoms with E-state index >= 15 is 0 Å². The monoisotopic (exact) mass is 377 g/mol. The zero-order valence-electron chi connectivity index (χ0n) is 15.6. The molecule has 2 amide bonds. The van der Waals surface area contributed by atoms with E-state index in [1.807, 2.05) is 54.6 Å². The van der Waals surface area contributed by atoms with Crippen LogP contribution in [0.1, 0.15) is 12.5 Å². The highest BCUT2D eigenvalue weighted by atomic mass is 16.2. The fourth-order valence-electron chi connectivity index (χ4n) is 2.43. The summed E-state index contributed by atoms with van der Waals surface area (Å²) in [5.41, 5.74) is 2.00. The van der Waals surface area contributed by atoms with Gasteiger partial charge in [0.25, 0.3) is 0 Å². The number of rotatable bonds is 8. The molecular weight excluding hydrogens is 354 g/mol. The zero-order chi connectivity index (χ0) is 19.6. The number of pyridine rings is 1. The van der Waals surface area contributed by atoms with Crippen LogP contribution < -0.4 is 21.3 Å². The summed E-state index contributed by atoms with van der Waals surface area (Å²) in [6.07, 6.45) is 2.68. The predicted octanol–water partition coefficient (Wildman–Crippen LogP) is 3.41. The van der Waals surface area contributed by atoms with Crippen molar-refractivity contribution in [2.75, 3.05) is 29.0 Å². The van der Waals surface area contributed by atoms with E-state index < -0.39 is 0 Å². The second-order valence-corrected chi connectivity index (χ2v) is 6.00. The number of nitrogens with zero attached hydrogens (tertiary/aromatic N) is 3. The summed E-state index contributed by atoms with van der Waals surface area (Å²) in [6.45, 7) is 3.08. The minimum atomic E-state index is -0.243. The number of benzene rings is 1. The number of carbonyl (C=O) groups is 1. The minimum absolute atomic E-state index is 0.243. The van der Waals surface area contributed by atoms with E-state index in [2.05, 4.69) is 43.4 Å². The van der Waals surface area contributed by atoms with Crippen molar-refractivity contribution >= 4 is 29.2 Å². The Bertz CT molecular complexity index is 867. The molecule has 0 aliphatic rings. The van der Waals surface area contributed by atoms with Crippen molar-refractivity contribution in [3.8, 4) is 0 Å². The van der Waals surface area contributed by atoms with Crippen molar-refractivity contribution in [3.05, 3.63) is 66.4 Å². The van der Waals surface area contributed by atoms with Crippen LogP contribution in [0.4, 0.5) is 27.9 Å². The SMILES string of the molecule is CCc1ccc(NC(=O)NCCNc2ccc(Nc3ccccn3)nn2)cc1. The van der Waals surface area contributed by atoms with Crippen LogP contribution in [0.15, 0.2) is 60.8 Å². The Morgan fingerprint density at radius 2 is 1.68 bits per heavy atom. The summed E-state index contributed by atoms with van der Waals surface area (Å²) in [6, 6.07) is 16.8. The molecule has 0 radical (unpaired) electrons. The molecule has 28 heavy (non-hydrogen) atoms. The maximum atomic E-state index is 11.9. The average molecular weight is 377 g/mol. The molecule has 3 aromatic rings. The molecule has 0 bridgehead atoms. The molecule has 8 nitrogen and oxygen atoms in total. The number of anilines is 4. The summed E-state index contributed by atoms with van der Waals surface area (Å²) in [7, 11) is 0. The van der Waals surface area contributed by atoms with Gasteiger partial charge >= 0.3 is 6.03 Å². The predicted molar refractivity (Wildman–Crippen MR) is 111 cm³/mol. The van der Waals surface area contributed by atoms with Crippen LogP contribution in [0.2, 0.25) is 0 Å². The third kappa shape index (κ3) is 5.94. The zero-order valence-corrected chi connectivity index (χ0v) is 15.6. The Kier molecular flexibility index (Phi) is 6.73. The fourth-order valence-corrected chi connectivity index (χ4v) is 2.43. The van der Waals surface area contributed by atoms with Gasteiger partial charge in [0.1, 0.15) is 11.6 Å². The summed E-state index contributed by atoms with van der Waals surface area (Å²) >= 11 is 0. The molecule has 3 rings (SSSR count). The van der Waals surface area contributed by atoms with Gasteiger partial charge in [-0.15, -0.1) is 10.2 Å². The van der Waals surface area contributed by atoms with E-state index in [1.165, 1.54) is 5.56 Å². The quantitative estimate of drug-likeness (QED) is 0.449. The summed E-state index contributed by atoms with van der Waals surface area (Å²) in [4.78, 5) is 16.1. The van der Waals surface area contributed by atoms with Crippen molar-refractivity contribution in [2.45, 2.75) is 13.3 Å². The van der Waals surface area contributed by atoms with Gasteiger partial charge in [0.15, 0.2) is 5.82 Å². The molecular formula is C20H23N7O. The number of carbonyl (C=O) groups excluding carboxylic acids is 1. The van der Waals surface area contributed by atoms with Crippen molar-refractivity contribution < 1.29 is 4.79 Å². The molecule has 4 N–H and O–H groups in total. The first-order chi connectivity index (χ1) is 13.7. The van der Waals surface area contributed by atoms with E-state index in [1.54, 1.807) is 6.20 Å². The van der Waals surface area contributed by atoms with Gasteiger partial charge in [-0.2, -0.15) is 0 Å². The summed E-state index contributed by atoms with van der Waals surface area (Å²) in [5.74, 6) is 1.94. The highest BCUT2D eigenvalue weighted by Crippen LogP contribution is 2.12. The molecule has 2 aromatic heterocycles. The highest BCUT2D eigenvalue weighted by Gasteiger charge is 2.02. The van der Waals surface area contributed by atoms with Gasteiger partial charge in [0.05, 0.1) is 0 Å². The maximum Gasteiger partial charge on any atom is 0.319 e. The Morgan fingerprint density at radius 1 is 0.893 bits per heavy atom. The lowest BCUT2D eigenvalue weighted by molar-refractivity contribution is 0.252. The number of urea groups is 1. The lowest BCUT2D eigenvalue weighted by Crippen LogP contribution is -2.32. The summed E-state index contributed by atoms with van der Waals surface area (Å²) < 4.78 is 0. The van der Waals surface area contributed by atoms with Gasteiger partial charge in [-0.25, -0.2) is 9.78 Å². The lowest BCUT2D eigenvalue weighted by atomic mass is 10.1. The standard InChI is InChI=1S/C20H23N7O/c1-2-15-6-8-16(9-7-15)24-20(28)23-14-13-22-18-10-11-19(27-26-18)25-17-5-3-4-12-21-17/h3-12H,2,13-14H2,1H3,(H,22,26)(H,21,25,27)(H2,23,24,28). The third-order valence-electron chi connectivity index (χ3n) is 3.92. The van der Waals surface area contributed by atoms with Gasteiger partial charge in [-0.3, -0.25) is 0 Å². The normalized spacial score (nSPS) is 10.2. The van der Waals surface area contributed by atoms with Crippen molar-refractivity contribution in [1.82, 2.24) is 20.5 Å². The number of aryl methyl sites for hydroxylation is 1. The number of aromatic nitrogens is 3. The molecule has 0 unspecified atom stereocenters. The Hall–Kier alpha value is -3.68. The van der Waals surface area contributed by atoms with Crippen LogP contribution >= 0.6 is 0 Å². The molecule has 0 aliphatic heterocycles. The second-order valence-electron chi connectivity index (χ2n) is 6.00. The van der Waals surface area contributed by atoms with Gasteiger partial charge in [0.2, 0.25) is 0 Å². The third-order valence-corrected chi connectivity index (χ3v) is 3.92. The Balaban J connectivity index is 1.37. The minimum Gasteiger partial charge on any atom is -0.367 e. The topological polar surface area (TPSA) is 104 Å². The first kappa shape index (κ1) is 19.1.